The van der Waals surface area contributed by atoms with Crippen LogP contribution in [0.2, 0.25) is 0 Å². The summed E-state index contributed by atoms with van der Waals surface area (Å²) >= 11 is 0. The third kappa shape index (κ3) is 5.22. The monoisotopic (exact) mass is 576 g/mol. The number of imidazole rings is 1. The lowest BCUT2D eigenvalue weighted by molar-refractivity contribution is 0.0333. The molecule has 11 nitrogen and oxygen atoms in total. The Morgan fingerprint density at radius 1 is 1.17 bits per heavy atom. The Morgan fingerprint density at radius 2 is 1.90 bits per heavy atom. The summed E-state index contributed by atoms with van der Waals surface area (Å²) in [4.78, 5) is 32.8. The van der Waals surface area contributed by atoms with E-state index in [0.29, 0.717) is 29.8 Å². The minimum atomic E-state index is -4.24. The second kappa shape index (κ2) is 10.5. The van der Waals surface area contributed by atoms with Gasteiger partial charge in [0.2, 0.25) is 16.0 Å². The van der Waals surface area contributed by atoms with Crippen molar-refractivity contribution in [1.29, 1.82) is 5.41 Å². The van der Waals surface area contributed by atoms with E-state index in [0.717, 1.165) is 14.8 Å². The van der Waals surface area contributed by atoms with Gasteiger partial charge in [0.15, 0.2) is 0 Å². The van der Waals surface area contributed by atoms with Gasteiger partial charge in [0.05, 0.1) is 12.6 Å². The van der Waals surface area contributed by atoms with Crippen LogP contribution in [0, 0.1) is 5.41 Å². The van der Waals surface area contributed by atoms with Gasteiger partial charge in [-0.25, -0.2) is 32.2 Å². The van der Waals surface area contributed by atoms with Crippen LogP contribution < -0.4 is 4.90 Å². The summed E-state index contributed by atoms with van der Waals surface area (Å²) in [6.07, 6.45) is 5.60. The Bertz CT molecular complexity index is 1600. The lowest BCUT2D eigenvalue weighted by atomic mass is 10.1. The van der Waals surface area contributed by atoms with Crippen molar-refractivity contribution >= 4 is 33.8 Å². The first kappa shape index (κ1) is 28.1. The van der Waals surface area contributed by atoms with E-state index in [1.54, 1.807) is 74.3 Å². The van der Waals surface area contributed by atoms with E-state index >= 15 is 0 Å². The number of anilines is 1. The van der Waals surface area contributed by atoms with Gasteiger partial charge < -0.3 is 4.74 Å². The van der Waals surface area contributed by atoms with Crippen LogP contribution in [0.5, 0.6) is 0 Å². The van der Waals surface area contributed by atoms with E-state index in [9.17, 15) is 18.0 Å². The number of benzene rings is 2. The highest BCUT2D eigenvalue weighted by Crippen LogP contribution is 2.39. The molecule has 0 saturated carbocycles. The fraction of sp³-hybridized carbons (Fsp3) is 0.310. The Morgan fingerprint density at radius 3 is 2.54 bits per heavy atom. The molecule has 1 aromatic heterocycles. The van der Waals surface area contributed by atoms with Gasteiger partial charge in [-0.05, 0) is 49.9 Å². The average Bonchev–Trinajstić information content (AvgIpc) is 3.67. The van der Waals surface area contributed by atoms with E-state index in [1.807, 2.05) is 6.07 Å². The fourth-order valence-corrected chi connectivity index (χ4v) is 6.83. The van der Waals surface area contributed by atoms with Gasteiger partial charge >= 0.3 is 12.1 Å². The van der Waals surface area contributed by atoms with Crippen molar-refractivity contribution < 1.29 is 22.7 Å². The topological polar surface area (TPSA) is 129 Å². The lowest BCUT2D eigenvalue weighted by Crippen LogP contribution is -2.43. The van der Waals surface area contributed by atoms with E-state index in [1.165, 1.54) is 23.2 Å². The summed E-state index contributed by atoms with van der Waals surface area (Å²) in [5.74, 6) is -0.488. The molecule has 0 spiro atoms. The van der Waals surface area contributed by atoms with Gasteiger partial charge in [-0.2, -0.15) is 0 Å². The first-order valence-corrected chi connectivity index (χ1v) is 14.6. The highest BCUT2D eigenvalue weighted by Gasteiger charge is 2.48. The molecule has 3 aromatic rings. The predicted molar refractivity (Wildman–Crippen MR) is 154 cm³/mol. The van der Waals surface area contributed by atoms with Crippen molar-refractivity contribution in [3.63, 3.8) is 0 Å². The molecule has 1 saturated heterocycles. The van der Waals surface area contributed by atoms with Crippen LogP contribution >= 0.6 is 0 Å². The van der Waals surface area contributed by atoms with Crippen LogP contribution in [0.3, 0.4) is 0 Å². The normalized spacial score (nSPS) is 17.9. The zero-order chi connectivity index (χ0) is 29.5. The third-order valence-electron chi connectivity index (χ3n) is 7.02. The van der Waals surface area contributed by atoms with Crippen LogP contribution in [0.15, 0.2) is 79.9 Å². The maximum atomic E-state index is 14.1. The van der Waals surface area contributed by atoms with Crippen LogP contribution in [-0.2, 0) is 21.2 Å². The number of rotatable bonds is 5. The van der Waals surface area contributed by atoms with Crippen LogP contribution in [0.1, 0.15) is 48.8 Å². The van der Waals surface area contributed by atoms with Gasteiger partial charge in [0.1, 0.15) is 17.2 Å². The highest BCUT2D eigenvalue weighted by molar-refractivity contribution is 7.90. The first-order chi connectivity index (χ1) is 19.4. The number of fused-ring (bicyclic) bond motifs is 1. The SMILES string of the molecule is C=CC(c1ccc2c(c1)CCN2C(=O)n1ccnc1)S(=O)(=O)N1CC(c2ccccc2)N(C(=O)OC(C)(C)C)C1=N. The molecule has 1 N–H and O–H groups in total. The Balaban J connectivity index is 1.46. The molecule has 1 fully saturated rings. The zero-order valence-electron chi connectivity index (χ0n) is 23.1. The van der Waals surface area contributed by atoms with Gasteiger partial charge in [-0.15, -0.1) is 6.58 Å². The molecule has 2 unspecified atom stereocenters. The van der Waals surface area contributed by atoms with Gasteiger partial charge in [-0.3, -0.25) is 14.9 Å². The summed E-state index contributed by atoms with van der Waals surface area (Å²) in [7, 11) is -4.24. The van der Waals surface area contributed by atoms with Crippen molar-refractivity contribution in [2.75, 3.05) is 18.0 Å². The fourth-order valence-electron chi connectivity index (χ4n) is 5.15. The zero-order valence-corrected chi connectivity index (χ0v) is 23.9. The number of nitrogens with one attached hydrogen (secondary N) is 1. The van der Waals surface area contributed by atoms with E-state index in [4.69, 9.17) is 10.1 Å². The number of amides is 2. The molecule has 0 bridgehead atoms. The molecule has 214 valence electrons. The standard InChI is InChI=1S/C29H32N6O5S/c1-5-25(22-11-12-23-21(17-22)13-15-33(23)27(36)32-16-14-31-19-32)41(38,39)34-18-24(20-9-7-6-8-10-20)35(26(34)30)28(37)40-29(2,3)4/h5-12,14,16-17,19,24-25,30H,1,13,15,18H2,2-4H3. The number of carbonyl (C=O) groups excluding carboxylic acids is 2. The molecule has 12 heteroatoms. The molecular weight excluding hydrogens is 544 g/mol. The van der Waals surface area contributed by atoms with Crippen molar-refractivity contribution in [2.24, 2.45) is 0 Å². The number of hydrogen-bond donors (Lipinski definition) is 1. The van der Waals surface area contributed by atoms with Crippen molar-refractivity contribution in [1.82, 2.24) is 18.8 Å². The molecular formula is C29H32N6O5S. The van der Waals surface area contributed by atoms with E-state index < -0.39 is 39.0 Å². The smallest absolute Gasteiger partial charge is 0.417 e. The van der Waals surface area contributed by atoms with E-state index in [2.05, 4.69) is 11.6 Å². The van der Waals surface area contributed by atoms with Crippen LogP contribution in [-0.4, -0.2) is 63.9 Å². The number of guanidine groups is 1. The van der Waals surface area contributed by atoms with Gasteiger partial charge in [0, 0.05) is 24.6 Å². The Hall–Kier alpha value is -4.45. The van der Waals surface area contributed by atoms with Crippen molar-refractivity contribution in [2.45, 2.75) is 44.1 Å². The van der Waals surface area contributed by atoms with Crippen molar-refractivity contribution in [3.05, 3.63) is 96.6 Å². The molecule has 5 rings (SSSR count). The quantitative estimate of drug-likeness (QED) is 0.439. The van der Waals surface area contributed by atoms with E-state index in [-0.39, 0.29) is 12.6 Å². The lowest BCUT2D eigenvalue weighted by Gasteiger charge is -2.28. The highest BCUT2D eigenvalue weighted by atomic mass is 32.2. The Kier molecular flexibility index (Phi) is 7.20. The number of nitrogens with zero attached hydrogens (tertiary/aromatic N) is 5. The number of hydrogen-bond acceptors (Lipinski definition) is 7. The number of sulfonamides is 1. The summed E-state index contributed by atoms with van der Waals surface area (Å²) in [5.41, 5.74) is 1.81. The van der Waals surface area contributed by atoms with Gasteiger partial charge in [-0.1, -0.05) is 48.5 Å². The first-order valence-electron chi connectivity index (χ1n) is 13.1. The molecule has 2 aliphatic rings. The molecule has 0 radical (unpaired) electrons. The summed E-state index contributed by atoms with van der Waals surface area (Å²) in [6.45, 7) is 9.23. The largest absolute Gasteiger partial charge is 0.443 e. The second-order valence-electron chi connectivity index (χ2n) is 10.9. The number of ether oxygens (including phenoxy) is 1. The molecule has 2 aromatic carbocycles. The number of carbonyl (C=O) groups is 2. The summed E-state index contributed by atoms with van der Waals surface area (Å²) < 4.78 is 36.1. The maximum Gasteiger partial charge on any atom is 0.417 e. The molecule has 2 amide bonds. The predicted octanol–water partition coefficient (Wildman–Crippen LogP) is 4.70. The summed E-state index contributed by atoms with van der Waals surface area (Å²) in [6, 6.07) is 13.1. The molecule has 3 heterocycles. The molecule has 2 atom stereocenters. The maximum absolute atomic E-state index is 14.1. The van der Waals surface area contributed by atoms with Crippen LogP contribution in [0.4, 0.5) is 15.3 Å². The average molecular weight is 577 g/mol. The van der Waals surface area contributed by atoms with Crippen molar-refractivity contribution in [3.8, 4) is 0 Å². The minimum absolute atomic E-state index is 0.146. The second-order valence-corrected chi connectivity index (χ2v) is 12.9. The molecule has 0 aliphatic carbocycles. The molecule has 2 aliphatic heterocycles. The molecule has 41 heavy (non-hydrogen) atoms. The number of aromatic nitrogens is 2. The van der Waals surface area contributed by atoms with Crippen LogP contribution in [0.25, 0.3) is 0 Å². The third-order valence-corrected chi connectivity index (χ3v) is 9.06. The summed E-state index contributed by atoms with van der Waals surface area (Å²) in [5, 5.41) is 7.63. The minimum Gasteiger partial charge on any atom is -0.443 e. The Labute approximate surface area is 239 Å². The van der Waals surface area contributed by atoms with Gasteiger partial charge in [0.25, 0.3) is 0 Å².